The van der Waals surface area contributed by atoms with Crippen LogP contribution in [0.4, 0.5) is 0 Å². The smallest absolute Gasteiger partial charge is 0.0859 e. The van der Waals surface area contributed by atoms with Crippen molar-refractivity contribution in [3.8, 4) is 0 Å². The van der Waals surface area contributed by atoms with Crippen LogP contribution in [0.3, 0.4) is 0 Å². The maximum Gasteiger partial charge on any atom is 0.0859 e. The van der Waals surface area contributed by atoms with Crippen LogP contribution in [0.2, 0.25) is 0 Å². The lowest BCUT2D eigenvalue weighted by Gasteiger charge is -2.54. The van der Waals surface area contributed by atoms with E-state index < -0.39 is 0 Å². The molecule has 2 heteroatoms. The molecule has 2 atom stereocenters. The molecule has 2 nitrogen and oxygen atoms in total. The summed E-state index contributed by atoms with van der Waals surface area (Å²) >= 11 is 0. The monoisotopic (exact) mass is 430 g/mol. The second-order valence-corrected chi connectivity index (χ2v) is 11.8. The van der Waals surface area contributed by atoms with Crippen molar-refractivity contribution in [1.29, 1.82) is 0 Å². The molecule has 2 aromatic rings. The minimum absolute atomic E-state index is 0.813. The Morgan fingerprint density at radius 2 is 0.906 bits per heavy atom. The van der Waals surface area contributed by atoms with Crippen molar-refractivity contribution in [2.75, 3.05) is 52.4 Å². The Hall–Kier alpha value is -1.64. The maximum atomic E-state index is 2.39. The van der Waals surface area contributed by atoms with E-state index in [-0.39, 0.29) is 0 Å². The fourth-order valence-electron chi connectivity index (χ4n) is 8.25. The fourth-order valence-corrected chi connectivity index (χ4v) is 8.25. The second kappa shape index (κ2) is 8.61. The summed E-state index contributed by atoms with van der Waals surface area (Å²) in [6, 6.07) is 22.9. The quantitative estimate of drug-likeness (QED) is 0.384. The van der Waals surface area contributed by atoms with Crippen LogP contribution in [0, 0.1) is 11.8 Å². The van der Waals surface area contributed by atoms with Crippen LogP contribution in [-0.4, -0.2) is 61.3 Å². The van der Waals surface area contributed by atoms with Gasteiger partial charge in [0.2, 0.25) is 0 Å². The zero-order chi connectivity index (χ0) is 21.4. The van der Waals surface area contributed by atoms with Crippen molar-refractivity contribution in [3.05, 3.63) is 71.8 Å². The van der Waals surface area contributed by atoms with Crippen molar-refractivity contribution in [2.45, 2.75) is 50.4 Å². The summed E-state index contributed by atoms with van der Waals surface area (Å²) < 4.78 is 2.84. The van der Waals surface area contributed by atoms with Crippen LogP contribution >= 0.6 is 0 Å². The maximum absolute atomic E-state index is 2.39. The summed E-state index contributed by atoms with van der Waals surface area (Å²) in [6.07, 6.45) is 8.70. The van der Waals surface area contributed by atoms with E-state index in [9.17, 15) is 0 Å². The Bertz CT molecular complexity index is 800. The summed E-state index contributed by atoms with van der Waals surface area (Å²) in [4.78, 5) is 0. The first kappa shape index (κ1) is 20.9. The number of rotatable bonds is 7. The zero-order valence-electron chi connectivity index (χ0n) is 19.9. The fraction of sp³-hybridized carbons (Fsp3) is 0.600. The molecule has 0 aromatic heterocycles. The highest BCUT2D eigenvalue weighted by molar-refractivity contribution is 5.22. The number of hydrogen-bond acceptors (Lipinski definition) is 0. The topological polar surface area (TPSA) is 0 Å². The number of unbranched alkanes of at least 4 members (excludes halogenated alkanes) is 1. The highest BCUT2D eigenvalue weighted by Gasteiger charge is 2.47. The standard InChI is InChI=1S/C30H42N2/c1-3-9-25(10-4-1)29-23-31(19-13-27(29)14-20-31)17-7-8-18-32-21-15-28(16-22-32)30(24-32)26-11-5-2-6-12-26/h1-6,9-12,27-30H,7-8,13-24H2/q+2. The largest absolute Gasteiger partial charge is 0.323 e. The predicted molar refractivity (Wildman–Crippen MR) is 133 cm³/mol. The van der Waals surface area contributed by atoms with E-state index >= 15 is 0 Å². The molecular weight excluding hydrogens is 388 g/mol. The number of hydrogen-bond donors (Lipinski definition) is 0. The summed E-state index contributed by atoms with van der Waals surface area (Å²) in [5, 5.41) is 0. The van der Waals surface area contributed by atoms with Gasteiger partial charge in [0.1, 0.15) is 0 Å². The molecule has 0 amide bonds. The third-order valence-electron chi connectivity index (χ3n) is 10.2. The molecule has 6 aliphatic heterocycles. The lowest BCUT2D eigenvalue weighted by atomic mass is 9.73. The van der Waals surface area contributed by atoms with Gasteiger partial charge in [-0.2, -0.15) is 0 Å². The first-order chi connectivity index (χ1) is 15.7. The molecule has 2 unspecified atom stereocenters. The number of nitrogens with zero attached hydrogens (tertiary/aromatic N) is 2. The second-order valence-electron chi connectivity index (χ2n) is 11.8. The molecule has 0 aliphatic carbocycles. The first-order valence-corrected chi connectivity index (χ1v) is 13.5. The van der Waals surface area contributed by atoms with Crippen molar-refractivity contribution in [2.24, 2.45) is 11.8 Å². The molecule has 0 saturated carbocycles. The summed E-state index contributed by atoms with van der Waals surface area (Å²) in [5.41, 5.74) is 3.22. The van der Waals surface area contributed by atoms with Crippen molar-refractivity contribution in [3.63, 3.8) is 0 Å². The number of fused-ring (bicyclic) bond motifs is 6. The Labute approximate surface area is 195 Å². The van der Waals surface area contributed by atoms with E-state index in [0.29, 0.717) is 0 Å². The number of piperidine rings is 6. The summed E-state index contributed by atoms with van der Waals surface area (Å²) in [6.45, 7) is 11.5. The Balaban J connectivity index is 1.06. The van der Waals surface area contributed by atoms with Crippen molar-refractivity contribution < 1.29 is 8.97 Å². The normalized spacial score (nSPS) is 38.1. The molecule has 4 bridgehead atoms. The van der Waals surface area contributed by atoms with Gasteiger partial charge in [-0.05, 0) is 23.0 Å². The average Bonchev–Trinajstić information content (AvgIpc) is 2.89. The van der Waals surface area contributed by atoms with Crippen LogP contribution < -0.4 is 0 Å². The summed E-state index contributed by atoms with van der Waals surface area (Å²) in [5.74, 6) is 3.52. The summed E-state index contributed by atoms with van der Waals surface area (Å²) in [7, 11) is 0. The first-order valence-electron chi connectivity index (χ1n) is 13.5. The molecule has 170 valence electrons. The SMILES string of the molecule is c1ccc(C2C[N+]3(CCCC[N+]45CCC(CC4)C(c4ccccc4)C5)CCC2CC3)cc1. The van der Waals surface area contributed by atoms with Crippen molar-refractivity contribution >= 4 is 0 Å². The van der Waals surface area contributed by atoms with Gasteiger partial charge in [-0.3, -0.25) is 0 Å². The molecule has 8 rings (SSSR count). The van der Waals surface area contributed by atoms with E-state index in [4.69, 9.17) is 0 Å². The molecule has 0 N–H and O–H groups in total. The lowest BCUT2D eigenvalue weighted by molar-refractivity contribution is -0.950. The molecule has 32 heavy (non-hydrogen) atoms. The van der Waals surface area contributed by atoms with Gasteiger partial charge in [-0.25, -0.2) is 0 Å². The van der Waals surface area contributed by atoms with Gasteiger partial charge in [0.15, 0.2) is 0 Å². The molecule has 6 saturated heterocycles. The Kier molecular flexibility index (Phi) is 5.63. The number of quaternary nitrogens is 2. The third-order valence-corrected chi connectivity index (χ3v) is 10.2. The molecular formula is C30H42N2+2. The van der Waals surface area contributed by atoms with Crippen molar-refractivity contribution in [1.82, 2.24) is 0 Å². The van der Waals surface area contributed by atoms with E-state index in [1.165, 1.54) is 99.8 Å². The van der Waals surface area contributed by atoms with Crippen LogP contribution in [0.1, 0.15) is 61.5 Å². The molecule has 2 aromatic carbocycles. The highest BCUT2D eigenvalue weighted by atomic mass is 15.4. The van der Waals surface area contributed by atoms with Gasteiger partial charge in [-0.15, -0.1) is 0 Å². The van der Waals surface area contributed by atoms with E-state index in [0.717, 1.165) is 23.7 Å². The minimum Gasteiger partial charge on any atom is -0.323 e. The van der Waals surface area contributed by atoms with Crippen LogP contribution in [0.5, 0.6) is 0 Å². The van der Waals surface area contributed by atoms with Gasteiger partial charge in [0, 0.05) is 50.4 Å². The van der Waals surface area contributed by atoms with Gasteiger partial charge < -0.3 is 8.97 Å². The van der Waals surface area contributed by atoms with Gasteiger partial charge >= 0.3 is 0 Å². The Morgan fingerprint density at radius 3 is 1.28 bits per heavy atom. The van der Waals surface area contributed by atoms with E-state index in [2.05, 4.69) is 60.7 Å². The van der Waals surface area contributed by atoms with Crippen LogP contribution in [0.25, 0.3) is 0 Å². The lowest BCUT2D eigenvalue weighted by Crippen LogP contribution is -2.62. The molecule has 0 spiro atoms. The predicted octanol–water partition coefficient (Wildman–Crippen LogP) is 5.82. The minimum atomic E-state index is 0.813. The van der Waals surface area contributed by atoms with Gasteiger partial charge in [0.25, 0.3) is 0 Å². The zero-order valence-corrected chi connectivity index (χ0v) is 19.9. The van der Waals surface area contributed by atoms with E-state index in [1.54, 1.807) is 11.1 Å². The van der Waals surface area contributed by atoms with E-state index in [1.807, 2.05) is 0 Å². The molecule has 6 heterocycles. The molecule has 6 fully saturated rings. The van der Waals surface area contributed by atoms with Crippen LogP contribution in [-0.2, 0) is 0 Å². The van der Waals surface area contributed by atoms with Gasteiger partial charge in [-0.1, -0.05) is 60.7 Å². The third kappa shape index (κ3) is 3.94. The van der Waals surface area contributed by atoms with Crippen LogP contribution in [0.15, 0.2) is 60.7 Å². The number of benzene rings is 2. The highest BCUT2D eigenvalue weighted by Crippen LogP contribution is 2.45. The Morgan fingerprint density at radius 1 is 0.531 bits per heavy atom. The molecule has 0 radical (unpaired) electrons. The van der Waals surface area contributed by atoms with Gasteiger partial charge in [0.05, 0.1) is 52.4 Å². The molecule has 6 aliphatic rings. The average molecular weight is 431 g/mol.